The third kappa shape index (κ3) is 2.65. The number of hydrogen-bond acceptors (Lipinski definition) is 1. The van der Waals surface area contributed by atoms with Crippen LogP contribution in [0.3, 0.4) is 0 Å². The van der Waals surface area contributed by atoms with Crippen molar-refractivity contribution in [3.8, 4) is 0 Å². The summed E-state index contributed by atoms with van der Waals surface area (Å²) in [5.74, 6) is 2.64. The van der Waals surface area contributed by atoms with Gasteiger partial charge in [-0.05, 0) is 49.8 Å². The lowest BCUT2D eigenvalue weighted by Crippen LogP contribution is -2.20. The molecule has 1 nitrogen and oxygen atoms in total. The van der Waals surface area contributed by atoms with Gasteiger partial charge in [-0.3, -0.25) is 0 Å². The Balaban J connectivity index is 1.93. The van der Waals surface area contributed by atoms with Crippen molar-refractivity contribution in [1.82, 2.24) is 5.32 Å². The molecule has 0 heterocycles. The number of hydrogen-bond donors (Lipinski definition) is 1. The molecule has 0 aromatic heterocycles. The van der Waals surface area contributed by atoms with E-state index in [4.69, 9.17) is 0 Å². The molecule has 1 aromatic rings. The first-order chi connectivity index (χ1) is 7.86. The van der Waals surface area contributed by atoms with E-state index in [1.165, 1.54) is 25.8 Å². The van der Waals surface area contributed by atoms with Crippen molar-refractivity contribution in [3.63, 3.8) is 0 Å². The Hall–Kier alpha value is -0.820. The fourth-order valence-electron chi connectivity index (χ4n) is 2.92. The molecule has 0 spiro atoms. The van der Waals surface area contributed by atoms with E-state index in [0.29, 0.717) is 0 Å². The summed E-state index contributed by atoms with van der Waals surface area (Å²) in [6.45, 7) is 3.48. The summed E-state index contributed by atoms with van der Waals surface area (Å²) in [5.41, 5.74) is 1.55. The molecule has 3 unspecified atom stereocenters. The monoisotopic (exact) mass is 217 g/mol. The second kappa shape index (κ2) is 5.49. The SMILES string of the molecule is CCCC(CNC)C1CC1c1ccccc1. The molecule has 0 aliphatic heterocycles. The predicted molar refractivity (Wildman–Crippen MR) is 69.6 cm³/mol. The Kier molecular flexibility index (Phi) is 4.00. The van der Waals surface area contributed by atoms with Crippen molar-refractivity contribution < 1.29 is 0 Å². The Morgan fingerprint density at radius 2 is 2.06 bits per heavy atom. The molecule has 0 bridgehead atoms. The van der Waals surface area contributed by atoms with Crippen LogP contribution in [-0.2, 0) is 0 Å². The normalized spacial score (nSPS) is 25.4. The summed E-state index contributed by atoms with van der Waals surface area (Å²) in [6.07, 6.45) is 4.08. The van der Waals surface area contributed by atoms with Gasteiger partial charge < -0.3 is 5.32 Å². The van der Waals surface area contributed by atoms with Gasteiger partial charge >= 0.3 is 0 Å². The van der Waals surface area contributed by atoms with Crippen molar-refractivity contribution in [3.05, 3.63) is 35.9 Å². The molecule has 1 aliphatic rings. The highest BCUT2D eigenvalue weighted by atomic mass is 14.8. The Bertz CT molecular complexity index is 300. The molecule has 88 valence electrons. The smallest absolute Gasteiger partial charge is 0.00207 e. The second-order valence-electron chi connectivity index (χ2n) is 5.02. The standard InChI is InChI=1S/C15H23N/c1-3-7-13(11-16-2)15-10-14(15)12-8-5-4-6-9-12/h4-6,8-9,13-16H,3,7,10-11H2,1-2H3. The molecule has 1 aromatic carbocycles. The number of rotatable bonds is 6. The molecule has 0 radical (unpaired) electrons. The second-order valence-corrected chi connectivity index (χ2v) is 5.02. The zero-order valence-corrected chi connectivity index (χ0v) is 10.4. The van der Waals surface area contributed by atoms with Crippen LogP contribution >= 0.6 is 0 Å². The van der Waals surface area contributed by atoms with E-state index >= 15 is 0 Å². The van der Waals surface area contributed by atoms with E-state index in [-0.39, 0.29) is 0 Å². The van der Waals surface area contributed by atoms with Gasteiger partial charge in [0, 0.05) is 0 Å². The van der Waals surface area contributed by atoms with Crippen molar-refractivity contribution >= 4 is 0 Å². The van der Waals surface area contributed by atoms with Crippen LogP contribution in [0.5, 0.6) is 0 Å². The molecule has 3 atom stereocenters. The predicted octanol–water partition coefficient (Wildman–Crippen LogP) is 3.43. The Morgan fingerprint density at radius 1 is 1.31 bits per heavy atom. The van der Waals surface area contributed by atoms with Crippen molar-refractivity contribution in [2.45, 2.75) is 32.1 Å². The quantitative estimate of drug-likeness (QED) is 0.770. The van der Waals surface area contributed by atoms with Crippen LogP contribution in [-0.4, -0.2) is 13.6 Å². The van der Waals surface area contributed by atoms with Crippen LogP contribution in [0.4, 0.5) is 0 Å². The maximum Gasteiger partial charge on any atom is -0.00207 e. The molecule has 2 rings (SSSR count). The highest BCUT2D eigenvalue weighted by molar-refractivity contribution is 5.26. The van der Waals surface area contributed by atoms with Crippen LogP contribution in [0.1, 0.15) is 37.7 Å². The van der Waals surface area contributed by atoms with Crippen LogP contribution in [0.15, 0.2) is 30.3 Å². The molecule has 1 fully saturated rings. The van der Waals surface area contributed by atoms with Gasteiger partial charge in [0.15, 0.2) is 0 Å². The highest BCUT2D eigenvalue weighted by Gasteiger charge is 2.42. The van der Waals surface area contributed by atoms with Gasteiger partial charge in [-0.25, -0.2) is 0 Å². The van der Waals surface area contributed by atoms with Gasteiger partial charge in [0.1, 0.15) is 0 Å². The summed E-state index contributed by atoms with van der Waals surface area (Å²) in [6, 6.07) is 11.0. The van der Waals surface area contributed by atoms with Gasteiger partial charge in [0.05, 0.1) is 0 Å². The van der Waals surface area contributed by atoms with Crippen molar-refractivity contribution in [1.29, 1.82) is 0 Å². The first-order valence-corrected chi connectivity index (χ1v) is 6.56. The average molecular weight is 217 g/mol. The van der Waals surface area contributed by atoms with Crippen molar-refractivity contribution in [2.75, 3.05) is 13.6 Å². The minimum Gasteiger partial charge on any atom is -0.319 e. The highest BCUT2D eigenvalue weighted by Crippen LogP contribution is 2.52. The van der Waals surface area contributed by atoms with Gasteiger partial charge in [-0.2, -0.15) is 0 Å². The van der Waals surface area contributed by atoms with E-state index in [1.807, 2.05) is 0 Å². The molecular weight excluding hydrogens is 194 g/mol. The molecule has 1 heteroatoms. The average Bonchev–Trinajstić information content (AvgIpc) is 3.10. The van der Waals surface area contributed by atoms with Crippen LogP contribution in [0, 0.1) is 11.8 Å². The van der Waals surface area contributed by atoms with Gasteiger partial charge in [0.2, 0.25) is 0 Å². The maximum absolute atomic E-state index is 3.35. The van der Waals surface area contributed by atoms with E-state index in [1.54, 1.807) is 5.56 Å². The molecular formula is C15H23N. The largest absolute Gasteiger partial charge is 0.319 e. The van der Waals surface area contributed by atoms with E-state index in [0.717, 1.165) is 17.8 Å². The fraction of sp³-hybridized carbons (Fsp3) is 0.600. The first-order valence-electron chi connectivity index (χ1n) is 6.56. The summed E-state index contributed by atoms with van der Waals surface area (Å²) < 4.78 is 0. The lowest BCUT2D eigenvalue weighted by Gasteiger charge is -2.15. The molecule has 1 N–H and O–H groups in total. The van der Waals surface area contributed by atoms with E-state index in [2.05, 4.69) is 49.6 Å². The van der Waals surface area contributed by atoms with Crippen molar-refractivity contribution in [2.24, 2.45) is 11.8 Å². The Labute approximate surface area is 99.3 Å². The number of nitrogens with one attached hydrogen (secondary N) is 1. The molecule has 1 saturated carbocycles. The summed E-state index contributed by atoms with van der Waals surface area (Å²) in [5, 5.41) is 3.35. The molecule has 16 heavy (non-hydrogen) atoms. The lowest BCUT2D eigenvalue weighted by molar-refractivity contribution is 0.401. The zero-order valence-electron chi connectivity index (χ0n) is 10.4. The van der Waals surface area contributed by atoms with E-state index < -0.39 is 0 Å². The summed E-state index contributed by atoms with van der Waals surface area (Å²) in [4.78, 5) is 0. The third-order valence-electron chi connectivity index (χ3n) is 3.80. The van der Waals surface area contributed by atoms with Gasteiger partial charge in [0.25, 0.3) is 0 Å². The number of benzene rings is 1. The van der Waals surface area contributed by atoms with Gasteiger partial charge in [-0.1, -0.05) is 43.7 Å². The topological polar surface area (TPSA) is 12.0 Å². The molecule has 1 aliphatic carbocycles. The Morgan fingerprint density at radius 3 is 2.69 bits per heavy atom. The van der Waals surface area contributed by atoms with Crippen LogP contribution in [0.25, 0.3) is 0 Å². The fourth-order valence-corrected chi connectivity index (χ4v) is 2.92. The van der Waals surface area contributed by atoms with Crippen LogP contribution < -0.4 is 5.32 Å². The first kappa shape index (κ1) is 11.7. The minimum atomic E-state index is 0.839. The third-order valence-corrected chi connectivity index (χ3v) is 3.80. The zero-order chi connectivity index (χ0) is 11.4. The summed E-state index contributed by atoms with van der Waals surface area (Å²) in [7, 11) is 2.07. The molecule has 0 amide bonds. The molecule has 0 saturated heterocycles. The van der Waals surface area contributed by atoms with Crippen LogP contribution in [0.2, 0.25) is 0 Å². The lowest BCUT2D eigenvalue weighted by atomic mass is 9.95. The van der Waals surface area contributed by atoms with E-state index in [9.17, 15) is 0 Å². The minimum absolute atomic E-state index is 0.839. The summed E-state index contributed by atoms with van der Waals surface area (Å²) >= 11 is 0. The van der Waals surface area contributed by atoms with Gasteiger partial charge in [-0.15, -0.1) is 0 Å². The maximum atomic E-state index is 3.35.